The van der Waals surface area contributed by atoms with Crippen LogP contribution < -0.4 is 16.4 Å². The number of hydrogen-bond acceptors (Lipinski definition) is 4. The fraction of sp³-hybridized carbons (Fsp3) is 0.680. The summed E-state index contributed by atoms with van der Waals surface area (Å²) < 4.78 is 0. The van der Waals surface area contributed by atoms with E-state index >= 15 is 0 Å². The minimum atomic E-state index is -0.172. The molecule has 0 radical (unpaired) electrons. The van der Waals surface area contributed by atoms with Gasteiger partial charge in [0.25, 0.3) is 0 Å². The lowest BCUT2D eigenvalue weighted by molar-refractivity contribution is -0.123. The molecule has 1 saturated heterocycles. The highest BCUT2D eigenvalue weighted by molar-refractivity contribution is 5.79. The van der Waals surface area contributed by atoms with Gasteiger partial charge in [-0.2, -0.15) is 0 Å². The minimum Gasteiger partial charge on any atom is -0.369 e. The number of nitrogens with two attached hydrogens (primary N) is 1. The van der Waals surface area contributed by atoms with Gasteiger partial charge in [0.1, 0.15) is 0 Å². The maximum atomic E-state index is 11.5. The van der Waals surface area contributed by atoms with Gasteiger partial charge in [0, 0.05) is 32.7 Å². The second-order valence-corrected chi connectivity index (χ2v) is 8.94. The van der Waals surface area contributed by atoms with Crippen molar-refractivity contribution >= 4 is 11.9 Å². The van der Waals surface area contributed by atoms with Crippen LogP contribution in [0.25, 0.3) is 0 Å². The molecule has 1 heterocycles. The number of hydrogen-bond donors (Lipinski definition) is 3. The molecule has 1 fully saturated rings. The fourth-order valence-corrected chi connectivity index (χ4v) is 4.37. The Morgan fingerprint density at radius 2 is 2.06 bits per heavy atom. The third kappa shape index (κ3) is 9.17. The van der Waals surface area contributed by atoms with Crippen molar-refractivity contribution < 1.29 is 4.79 Å². The minimum absolute atomic E-state index is 0.0167. The Kier molecular flexibility index (Phi) is 11.5. The number of carbonyl (C=O) groups is 1. The van der Waals surface area contributed by atoms with Gasteiger partial charge in [-0.25, -0.2) is 0 Å². The summed E-state index contributed by atoms with van der Waals surface area (Å²) in [6.45, 7) is 13.4. The molecule has 2 rings (SSSR count). The lowest BCUT2D eigenvalue weighted by atomic mass is 9.97. The van der Waals surface area contributed by atoms with E-state index in [4.69, 9.17) is 5.73 Å². The van der Waals surface area contributed by atoms with E-state index in [9.17, 15) is 4.79 Å². The van der Waals surface area contributed by atoms with E-state index in [2.05, 4.69) is 70.5 Å². The number of likely N-dealkylation sites (tertiary alicyclic amines) is 1. The number of primary amides is 1. The number of nitrogens with zero attached hydrogens (tertiary/aromatic N) is 3. The second-order valence-electron chi connectivity index (χ2n) is 8.94. The number of carbonyl (C=O) groups excluding carboxylic acids is 1. The average Bonchev–Trinajstić information content (AvgIpc) is 2.80. The normalized spacial score (nSPS) is 18.5. The molecular weight excluding hydrogens is 400 g/mol. The Morgan fingerprint density at radius 3 is 2.75 bits per heavy atom. The molecule has 0 aromatic heterocycles. The van der Waals surface area contributed by atoms with Crippen molar-refractivity contribution in [3.8, 4) is 0 Å². The average molecular weight is 445 g/mol. The van der Waals surface area contributed by atoms with E-state index in [1.165, 1.54) is 17.5 Å². The maximum absolute atomic E-state index is 11.5. The zero-order valence-electron chi connectivity index (χ0n) is 20.6. The van der Waals surface area contributed by atoms with Crippen LogP contribution in [0.5, 0.6) is 0 Å². The van der Waals surface area contributed by atoms with Gasteiger partial charge in [-0.15, -0.1) is 0 Å². The predicted octanol–water partition coefficient (Wildman–Crippen LogP) is 2.56. The molecule has 1 aromatic carbocycles. The first-order valence-electron chi connectivity index (χ1n) is 12.2. The summed E-state index contributed by atoms with van der Waals surface area (Å²) in [4.78, 5) is 20.7. The van der Waals surface area contributed by atoms with Crippen LogP contribution in [0, 0.1) is 5.92 Å². The molecule has 2 unspecified atom stereocenters. The lowest BCUT2D eigenvalue weighted by Crippen LogP contribution is -2.42. The first-order valence-corrected chi connectivity index (χ1v) is 12.2. The van der Waals surface area contributed by atoms with Crippen LogP contribution in [0.2, 0.25) is 0 Å². The van der Waals surface area contributed by atoms with Crippen molar-refractivity contribution in [2.24, 2.45) is 16.6 Å². The molecule has 1 amide bonds. The van der Waals surface area contributed by atoms with Crippen LogP contribution in [0.1, 0.15) is 57.6 Å². The summed E-state index contributed by atoms with van der Waals surface area (Å²) >= 11 is 0. The number of aliphatic imine (C=N–C) groups is 1. The van der Waals surface area contributed by atoms with E-state index in [1.54, 1.807) is 0 Å². The summed E-state index contributed by atoms with van der Waals surface area (Å²) in [5, 5.41) is 6.96. The number of benzene rings is 1. The summed E-state index contributed by atoms with van der Waals surface area (Å²) in [5.74, 6) is 0.650. The topological polar surface area (TPSA) is 86.0 Å². The monoisotopic (exact) mass is 444 g/mol. The number of amides is 1. The standard InChI is InChI=1S/C25H44N6O/c1-5-30(6-2)14-8-10-20(3)29-25(27-4)28-17-21-11-7-12-22(16-21)18-31-15-9-13-23(19-31)24(26)32/h7,11-12,16,20,23H,5-6,8-10,13-15,17-19H2,1-4H3,(H2,26,32)(H2,27,28,29). The highest BCUT2D eigenvalue weighted by Crippen LogP contribution is 2.18. The van der Waals surface area contributed by atoms with Crippen LogP contribution in [-0.4, -0.2) is 67.5 Å². The van der Waals surface area contributed by atoms with Gasteiger partial charge in [0.05, 0.1) is 5.92 Å². The van der Waals surface area contributed by atoms with Crippen LogP contribution in [0.3, 0.4) is 0 Å². The van der Waals surface area contributed by atoms with E-state index in [1.807, 2.05) is 7.05 Å². The Bertz CT molecular complexity index is 718. The van der Waals surface area contributed by atoms with Crippen molar-refractivity contribution in [1.82, 2.24) is 20.4 Å². The van der Waals surface area contributed by atoms with E-state index < -0.39 is 0 Å². The van der Waals surface area contributed by atoms with Gasteiger partial charge in [0.2, 0.25) is 5.91 Å². The molecular formula is C25H44N6O. The predicted molar refractivity (Wildman–Crippen MR) is 133 cm³/mol. The molecule has 1 aliphatic heterocycles. The smallest absolute Gasteiger partial charge is 0.221 e. The van der Waals surface area contributed by atoms with Crippen molar-refractivity contribution in [3.05, 3.63) is 35.4 Å². The SMILES string of the molecule is CCN(CC)CCCC(C)NC(=NC)NCc1cccc(CN2CCCC(C(N)=O)C2)c1. The van der Waals surface area contributed by atoms with Gasteiger partial charge >= 0.3 is 0 Å². The first kappa shape index (κ1) is 26.1. The Balaban J connectivity index is 1.79. The summed E-state index contributed by atoms with van der Waals surface area (Å²) in [7, 11) is 1.82. The zero-order valence-corrected chi connectivity index (χ0v) is 20.6. The molecule has 0 saturated carbocycles. The number of rotatable bonds is 12. The number of piperidine rings is 1. The van der Waals surface area contributed by atoms with Crippen molar-refractivity contribution in [2.45, 2.75) is 65.6 Å². The van der Waals surface area contributed by atoms with Gasteiger partial charge in [0.15, 0.2) is 5.96 Å². The maximum Gasteiger partial charge on any atom is 0.221 e. The molecule has 2 atom stereocenters. The van der Waals surface area contributed by atoms with Gasteiger partial charge < -0.3 is 21.3 Å². The molecule has 4 N–H and O–H groups in total. The third-order valence-electron chi connectivity index (χ3n) is 6.38. The van der Waals surface area contributed by atoms with Gasteiger partial charge in [-0.1, -0.05) is 38.1 Å². The van der Waals surface area contributed by atoms with E-state index in [-0.39, 0.29) is 11.8 Å². The molecule has 0 spiro atoms. The summed E-state index contributed by atoms with van der Waals surface area (Å²) in [5.41, 5.74) is 8.01. The van der Waals surface area contributed by atoms with Crippen molar-refractivity contribution in [1.29, 1.82) is 0 Å². The lowest BCUT2D eigenvalue weighted by Gasteiger charge is -2.31. The largest absolute Gasteiger partial charge is 0.369 e. The van der Waals surface area contributed by atoms with Crippen LogP contribution in [0.15, 0.2) is 29.3 Å². The van der Waals surface area contributed by atoms with Gasteiger partial charge in [-0.3, -0.25) is 14.7 Å². The van der Waals surface area contributed by atoms with Crippen LogP contribution >= 0.6 is 0 Å². The molecule has 1 aliphatic rings. The highest BCUT2D eigenvalue weighted by atomic mass is 16.1. The summed E-state index contributed by atoms with van der Waals surface area (Å²) in [6.07, 6.45) is 4.25. The molecule has 1 aromatic rings. The number of guanidine groups is 1. The van der Waals surface area contributed by atoms with E-state index in [0.717, 1.165) is 71.0 Å². The van der Waals surface area contributed by atoms with Crippen LogP contribution in [0.4, 0.5) is 0 Å². The molecule has 180 valence electrons. The van der Waals surface area contributed by atoms with Crippen LogP contribution in [-0.2, 0) is 17.9 Å². The fourth-order valence-electron chi connectivity index (χ4n) is 4.37. The van der Waals surface area contributed by atoms with Crippen molar-refractivity contribution in [3.63, 3.8) is 0 Å². The quantitative estimate of drug-likeness (QED) is 0.341. The molecule has 7 nitrogen and oxygen atoms in total. The Morgan fingerprint density at radius 1 is 1.31 bits per heavy atom. The second kappa shape index (κ2) is 14.1. The Hall–Kier alpha value is -2.12. The van der Waals surface area contributed by atoms with Gasteiger partial charge in [-0.05, 0) is 69.9 Å². The highest BCUT2D eigenvalue weighted by Gasteiger charge is 2.23. The molecule has 32 heavy (non-hydrogen) atoms. The molecule has 0 bridgehead atoms. The first-order chi connectivity index (χ1) is 15.4. The molecule has 7 heteroatoms. The third-order valence-corrected chi connectivity index (χ3v) is 6.38. The Labute approximate surface area is 194 Å². The van der Waals surface area contributed by atoms with Crippen molar-refractivity contribution in [2.75, 3.05) is 39.8 Å². The summed E-state index contributed by atoms with van der Waals surface area (Å²) in [6, 6.07) is 9.01. The van der Waals surface area contributed by atoms with E-state index in [0.29, 0.717) is 6.04 Å². The number of nitrogens with one attached hydrogen (secondary N) is 2. The zero-order chi connectivity index (χ0) is 23.3. The molecule has 0 aliphatic carbocycles.